The van der Waals surface area contributed by atoms with Crippen LogP contribution in [0, 0.1) is 11.8 Å². The van der Waals surface area contributed by atoms with E-state index in [1.807, 2.05) is 0 Å². The van der Waals surface area contributed by atoms with Crippen LogP contribution in [-0.4, -0.2) is 96.7 Å². The summed E-state index contributed by atoms with van der Waals surface area (Å²) in [4.78, 5) is 73.2. The van der Waals surface area contributed by atoms with E-state index in [0.29, 0.717) is 25.7 Å². The highest BCUT2D eigenvalue weighted by Crippen LogP contribution is 2.45. The molecule has 4 unspecified atom stereocenters. The molecule has 0 saturated heterocycles. The van der Waals surface area contributed by atoms with Crippen LogP contribution in [-0.2, 0) is 65.4 Å². The van der Waals surface area contributed by atoms with E-state index in [-0.39, 0.29) is 25.7 Å². The average Bonchev–Trinajstić information content (AvgIpc) is 0.903. The van der Waals surface area contributed by atoms with Crippen LogP contribution in [0.5, 0.6) is 0 Å². The Morgan fingerprint density at radius 1 is 0.264 bits per heavy atom. The number of esters is 4. The molecule has 0 aliphatic rings. The van der Waals surface area contributed by atoms with Gasteiger partial charge in [0.25, 0.3) is 0 Å². The number of phosphoric acid groups is 2. The molecule has 0 aromatic heterocycles. The average molecular weight is 1550 g/mol. The lowest BCUT2D eigenvalue weighted by Gasteiger charge is -2.21. The lowest BCUT2D eigenvalue weighted by Crippen LogP contribution is -2.30. The van der Waals surface area contributed by atoms with Gasteiger partial charge in [0.1, 0.15) is 19.3 Å². The molecule has 17 nitrogen and oxygen atoms in total. The first-order chi connectivity index (χ1) is 51.4. The fourth-order valence-corrected chi connectivity index (χ4v) is 15.1. The molecular formula is C87H170O17P2. The van der Waals surface area contributed by atoms with Gasteiger partial charge < -0.3 is 33.8 Å². The van der Waals surface area contributed by atoms with Crippen molar-refractivity contribution in [2.45, 2.75) is 484 Å². The van der Waals surface area contributed by atoms with E-state index in [9.17, 15) is 43.2 Å². The number of aliphatic hydroxyl groups is 1. The second kappa shape index (κ2) is 78.3. The molecule has 0 rings (SSSR count). The molecule has 0 fully saturated rings. The first-order valence-corrected chi connectivity index (χ1v) is 48.1. The summed E-state index contributed by atoms with van der Waals surface area (Å²) in [5.74, 6) is -0.404. The molecule has 19 heteroatoms. The maximum Gasteiger partial charge on any atom is 0.472 e. The van der Waals surface area contributed by atoms with E-state index < -0.39 is 97.5 Å². The van der Waals surface area contributed by atoms with Crippen molar-refractivity contribution < 1.29 is 80.2 Å². The van der Waals surface area contributed by atoms with E-state index in [1.165, 1.54) is 283 Å². The van der Waals surface area contributed by atoms with Gasteiger partial charge >= 0.3 is 39.5 Å². The Labute approximate surface area is 651 Å². The van der Waals surface area contributed by atoms with Crippen molar-refractivity contribution in [1.82, 2.24) is 0 Å². The minimum absolute atomic E-state index is 0.108. The molecule has 0 spiro atoms. The second-order valence-corrected chi connectivity index (χ2v) is 34.7. The maximum absolute atomic E-state index is 13.2. The zero-order valence-corrected chi connectivity index (χ0v) is 71.5. The summed E-state index contributed by atoms with van der Waals surface area (Å²) in [6, 6.07) is 0. The minimum Gasteiger partial charge on any atom is -0.462 e. The SMILES string of the molecule is CCCCCCCCCCCCCCCCCCCCCCC(=O)O[C@H](COC(=O)CCCCCCCCCCCCCCCCC(C)CC)COP(=O)(O)OC[C@@H](O)COP(=O)(O)OC[C@@H](COC(=O)CCCCCCCCCCCC)OC(=O)CCCCCCCCCCCCCCCCC(C)CC. The van der Waals surface area contributed by atoms with Gasteiger partial charge in [0, 0.05) is 25.7 Å². The Morgan fingerprint density at radius 2 is 0.453 bits per heavy atom. The highest BCUT2D eigenvalue weighted by Gasteiger charge is 2.30. The third-order valence-corrected chi connectivity index (χ3v) is 23.1. The summed E-state index contributed by atoms with van der Waals surface area (Å²) in [5, 5.41) is 10.7. The number of rotatable bonds is 86. The van der Waals surface area contributed by atoms with Crippen molar-refractivity contribution in [2.24, 2.45) is 11.8 Å². The van der Waals surface area contributed by atoms with Gasteiger partial charge in [-0.3, -0.25) is 37.3 Å². The number of carbonyl (C=O) groups is 4. The third kappa shape index (κ3) is 77.4. The molecule has 0 radical (unpaired) electrons. The molecular weight excluding hydrogens is 1380 g/mol. The number of unbranched alkanes of at least 4 members (excludes halogenated alkanes) is 54. The van der Waals surface area contributed by atoms with Gasteiger partial charge in [-0.2, -0.15) is 0 Å². The number of phosphoric ester groups is 2. The molecule has 0 aromatic carbocycles. The van der Waals surface area contributed by atoms with E-state index in [1.54, 1.807) is 0 Å². The highest BCUT2D eigenvalue weighted by molar-refractivity contribution is 7.47. The lowest BCUT2D eigenvalue weighted by molar-refractivity contribution is -0.161. The molecule has 0 amide bonds. The zero-order valence-electron chi connectivity index (χ0n) is 69.7. The van der Waals surface area contributed by atoms with Gasteiger partial charge in [-0.1, -0.05) is 414 Å². The second-order valence-electron chi connectivity index (χ2n) is 31.8. The molecule has 7 atom stereocenters. The lowest BCUT2D eigenvalue weighted by atomic mass is 9.99. The first kappa shape index (κ1) is 104. The molecule has 0 saturated carbocycles. The minimum atomic E-state index is -4.97. The molecule has 630 valence electrons. The van der Waals surface area contributed by atoms with E-state index in [0.717, 1.165) is 102 Å². The summed E-state index contributed by atoms with van der Waals surface area (Å²) in [6.07, 6.45) is 70.6. The number of carbonyl (C=O) groups excluding carboxylic acids is 4. The van der Waals surface area contributed by atoms with Gasteiger partial charge in [-0.15, -0.1) is 0 Å². The van der Waals surface area contributed by atoms with Crippen LogP contribution in [0.2, 0.25) is 0 Å². The molecule has 0 aromatic rings. The van der Waals surface area contributed by atoms with Crippen LogP contribution in [0.25, 0.3) is 0 Å². The largest absolute Gasteiger partial charge is 0.472 e. The monoisotopic (exact) mass is 1550 g/mol. The van der Waals surface area contributed by atoms with Crippen molar-refractivity contribution in [2.75, 3.05) is 39.6 Å². The molecule has 0 aliphatic heterocycles. The predicted octanol–water partition coefficient (Wildman–Crippen LogP) is 26.6. The highest BCUT2D eigenvalue weighted by atomic mass is 31.2. The topological polar surface area (TPSA) is 237 Å². The number of aliphatic hydroxyl groups excluding tert-OH is 1. The third-order valence-electron chi connectivity index (χ3n) is 21.2. The fourth-order valence-electron chi connectivity index (χ4n) is 13.5. The molecule has 0 bridgehead atoms. The Hall–Kier alpha value is -1.94. The summed E-state index contributed by atoms with van der Waals surface area (Å²) in [6.45, 7) is 9.78. The van der Waals surface area contributed by atoms with Crippen molar-refractivity contribution >= 4 is 39.5 Å². The normalized spacial score (nSPS) is 14.3. The summed E-state index contributed by atoms with van der Waals surface area (Å²) in [7, 11) is -9.93. The van der Waals surface area contributed by atoms with Gasteiger partial charge in [0.15, 0.2) is 12.2 Å². The van der Waals surface area contributed by atoms with Gasteiger partial charge in [-0.25, -0.2) is 9.13 Å². The van der Waals surface area contributed by atoms with Crippen LogP contribution in [0.15, 0.2) is 0 Å². The standard InChI is InChI=1S/C87H170O17P2/c1-7-11-13-15-17-19-21-22-23-24-25-26-27-28-36-41-47-53-59-65-71-86(91)104-83(76-98-85(90)70-64-58-52-46-40-35-31-29-33-38-43-49-55-61-67-79(5)9-3)78-102-106(95,96)100-74-81(88)73-99-105(93,94)101-77-82(75-97-84(89)69-63-57-51-45-20-18-16-14-12-8-2)103-87(92)72-66-60-54-48-42-37-32-30-34-39-44-50-56-62-68-80(6)10-4/h79-83,88H,7-78H2,1-6H3,(H,93,94)(H,95,96)/t79?,80?,81-,82+,83+/m0/s1. The summed E-state index contributed by atoms with van der Waals surface area (Å²) < 4.78 is 68.9. The molecule has 0 aliphatic carbocycles. The van der Waals surface area contributed by atoms with Crippen molar-refractivity contribution in [3.05, 3.63) is 0 Å². The van der Waals surface area contributed by atoms with Crippen LogP contribution < -0.4 is 0 Å². The quantitative estimate of drug-likeness (QED) is 0.0222. The summed E-state index contributed by atoms with van der Waals surface area (Å²) >= 11 is 0. The summed E-state index contributed by atoms with van der Waals surface area (Å²) in [5.41, 5.74) is 0. The molecule has 0 heterocycles. The van der Waals surface area contributed by atoms with Crippen LogP contribution >= 0.6 is 15.6 Å². The fraction of sp³-hybridized carbons (Fsp3) is 0.954. The van der Waals surface area contributed by atoms with Crippen molar-refractivity contribution in [3.63, 3.8) is 0 Å². The van der Waals surface area contributed by atoms with Crippen LogP contribution in [0.1, 0.15) is 465 Å². The predicted molar refractivity (Wildman–Crippen MR) is 437 cm³/mol. The van der Waals surface area contributed by atoms with Gasteiger partial charge in [0.05, 0.1) is 26.4 Å². The van der Waals surface area contributed by atoms with Gasteiger partial charge in [0.2, 0.25) is 0 Å². The van der Waals surface area contributed by atoms with Crippen molar-refractivity contribution in [1.29, 1.82) is 0 Å². The maximum atomic E-state index is 13.2. The van der Waals surface area contributed by atoms with Crippen LogP contribution in [0.3, 0.4) is 0 Å². The Morgan fingerprint density at radius 3 is 0.670 bits per heavy atom. The van der Waals surface area contributed by atoms with E-state index in [4.69, 9.17) is 37.0 Å². The number of ether oxygens (including phenoxy) is 4. The van der Waals surface area contributed by atoms with E-state index >= 15 is 0 Å². The smallest absolute Gasteiger partial charge is 0.462 e. The van der Waals surface area contributed by atoms with Crippen LogP contribution in [0.4, 0.5) is 0 Å². The Bertz CT molecular complexity index is 2030. The first-order valence-electron chi connectivity index (χ1n) is 45.1. The molecule has 3 N–H and O–H groups in total. The molecule has 106 heavy (non-hydrogen) atoms. The van der Waals surface area contributed by atoms with Gasteiger partial charge in [-0.05, 0) is 37.5 Å². The Kier molecular flexibility index (Phi) is 76.9. The number of hydrogen-bond acceptors (Lipinski definition) is 15. The zero-order chi connectivity index (χ0) is 77.8. The number of hydrogen-bond donors (Lipinski definition) is 3. The van der Waals surface area contributed by atoms with E-state index in [2.05, 4.69) is 41.5 Å². The van der Waals surface area contributed by atoms with Crippen molar-refractivity contribution in [3.8, 4) is 0 Å². The Balaban J connectivity index is 5.23.